The van der Waals surface area contributed by atoms with Crippen molar-refractivity contribution in [2.45, 2.75) is 39.3 Å². The predicted molar refractivity (Wildman–Crippen MR) is 115 cm³/mol. The molecule has 1 aromatic heterocycles. The Kier molecular flexibility index (Phi) is 5.95. The summed E-state index contributed by atoms with van der Waals surface area (Å²) in [5.74, 6) is -0.260. The van der Waals surface area contributed by atoms with Gasteiger partial charge in [0.25, 0.3) is 0 Å². The van der Waals surface area contributed by atoms with E-state index in [4.69, 9.17) is 0 Å². The van der Waals surface area contributed by atoms with Crippen LogP contribution in [0.4, 0.5) is 4.39 Å². The quantitative estimate of drug-likeness (QED) is 0.681. The summed E-state index contributed by atoms with van der Waals surface area (Å²) in [6.45, 7) is 6.62. The van der Waals surface area contributed by atoms with E-state index in [1.54, 1.807) is 16.8 Å². The summed E-state index contributed by atoms with van der Waals surface area (Å²) in [5.41, 5.74) is 4.74. The second-order valence-electron chi connectivity index (χ2n) is 7.99. The van der Waals surface area contributed by atoms with Crippen molar-refractivity contribution in [2.24, 2.45) is 0 Å². The van der Waals surface area contributed by atoms with E-state index in [-0.39, 0.29) is 17.8 Å². The van der Waals surface area contributed by atoms with E-state index in [0.717, 1.165) is 48.7 Å². The van der Waals surface area contributed by atoms with E-state index >= 15 is 0 Å². The molecular weight excluding hydrogens is 379 g/mol. The number of hydrogen-bond donors (Lipinski definition) is 1. The Morgan fingerprint density at radius 1 is 1.13 bits per heavy atom. The number of halogens is 1. The molecule has 5 nitrogen and oxygen atoms in total. The maximum atomic E-state index is 13.2. The second kappa shape index (κ2) is 8.79. The number of aryl methyl sites for hydroxylation is 1. The van der Waals surface area contributed by atoms with Crippen LogP contribution >= 0.6 is 0 Å². The summed E-state index contributed by atoms with van der Waals surface area (Å²) in [5, 5.41) is 7.75. The van der Waals surface area contributed by atoms with Crippen LogP contribution in [0, 0.1) is 19.7 Å². The van der Waals surface area contributed by atoms with E-state index in [2.05, 4.69) is 39.6 Å². The fraction of sp³-hybridized carbons (Fsp3) is 0.333. The summed E-state index contributed by atoms with van der Waals surface area (Å²) in [6.07, 6.45) is 1.26. The molecule has 2 heterocycles. The van der Waals surface area contributed by atoms with Crippen molar-refractivity contribution >= 4 is 5.91 Å². The molecule has 2 aromatic carbocycles. The fourth-order valence-corrected chi connectivity index (χ4v) is 4.14. The average molecular weight is 407 g/mol. The van der Waals surface area contributed by atoms with Gasteiger partial charge in [0.05, 0.1) is 17.8 Å². The molecule has 1 unspecified atom stereocenters. The smallest absolute Gasteiger partial charge is 0.224 e. The molecule has 0 spiro atoms. The standard InChI is InChI=1S/C24H27FN4O/c1-17-23(18(2)29(27-17)22-10-8-20(25)9-11-22)14-24(30)26-21-12-13-28(16-21)15-19-6-4-3-5-7-19/h3-11,21H,12-16H2,1-2H3,(H,26,30). The third kappa shape index (κ3) is 4.60. The van der Waals surface area contributed by atoms with Gasteiger partial charge >= 0.3 is 0 Å². The Morgan fingerprint density at radius 3 is 2.60 bits per heavy atom. The topological polar surface area (TPSA) is 50.2 Å². The molecule has 3 aromatic rings. The number of benzene rings is 2. The van der Waals surface area contributed by atoms with Crippen LogP contribution in [0.15, 0.2) is 54.6 Å². The van der Waals surface area contributed by atoms with Gasteiger partial charge in [0, 0.05) is 36.9 Å². The fourth-order valence-electron chi connectivity index (χ4n) is 4.14. The lowest BCUT2D eigenvalue weighted by atomic mass is 10.1. The molecule has 1 N–H and O–H groups in total. The first-order valence-corrected chi connectivity index (χ1v) is 10.4. The van der Waals surface area contributed by atoms with Crippen molar-refractivity contribution in [2.75, 3.05) is 13.1 Å². The molecule has 1 saturated heterocycles. The highest BCUT2D eigenvalue weighted by Crippen LogP contribution is 2.19. The van der Waals surface area contributed by atoms with E-state index in [0.29, 0.717) is 6.42 Å². The zero-order chi connectivity index (χ0) is 21.1. The van der Waals surface area contributed by atoms with E-state index in [9.17, 15) is 9.18 Å². The first kappa shape index (κ1) is 20.3. The van der Waals surface area contributed by atoms with Crippen LogP contribution in [-0.2, 0) is 17.8 Å². The second-order valence-corrected chi connectivity index (χ2v) is 7.99. The molecule has 1 atom stereocenters. The Balaban J connectivity index is 1.36. The number of carbonyl (C=O) groups excluding carboxylic acids is 1. The van der Waals surface area contributed by atoms with E-state index < -0.39 is 0 Å². The van der Waals surface area contributed by atoms with Crippen molar-refractivity contribution in [1.29, 1.82) is 0 Å². The van der Waals surface area contributed by atoms with Gasteiger partial charge in [-0.1, -0.05) is 30.3 Å². The van der Waals surface area contributed by atoms with Crippen LogP contribution in [0.2, 0.25) is 0 Å². The predicted octanol–water partition coefficient (Wildman–Crippen LogP) is 3.56. The third-order valence-corrected chi connectivity index (χ3v) is 5.74. The highest BCUT2D eigenvalue weighted by molar-refractivity contribution is 5.79. The molecule has 30 heavy (non-hydrogen) atoms. The zero-order valence-electron chi connectivity index (χ0n) is 17.4. The van der Waals surface area contributed by atoms with E-state index in [1.165, 1.54) is 17.7 Å². The van der Waals surface area contributed by atoms with Crippen LogP contribution in [0.3, 0.4) is 0 Å². The maximum Gasteiger partial charge on any atom is 0.224 e. The van der Waals surface area contributed by atoms with Gasteiger partial charge in [-0.05, 0) is 50.1 Å². The minimum absolute atomic E-state index is 0.0198. The first-order chi connectivity index (χ1) is 14.5. The van der Waals surface area contributed by atoms with Crippen LogP contribution in [-0.4, -0.2) is 39.7 Å². The van der Waals surface area contributed by atoms with Crippen LogP contribution in [0.25, 0.3) is 5.69 Å². The molecule has 4 rings (SSSR count). The molecule has 156 valence electrons. The van der Waals surface area contributed by atoms with Gasteiger partial charge in [0.1, 0.15) is 5.82 Å². The lowest BCUT2D eigenvalue weighted by molar-refractivity contribution is -0.121. The minimum atomic E-state index is -0.280. The van der Waals surface area contributed by atoms with Crippen molar-refractivity contribution in [3.05, 3.63) is 82.9 Å². The number of nitrogens with zero attached hydrogens (tertiary/aromatic N) is 3. The molecule has 0 aliphatic carbocycles. The Labute approximate surface area is 176 Å². The van der Waals surface area contributed by atoms with E-state index in [1.807, 2.05) is 19.9 Å². The average Bonchev–Trinajstić information content (AvgIpc) is 3.28. The third-order valence-electron chi connectivity index (χ3n) is 5.74. The van der Waals surface area contributed by atoms with Crippen LogP contribution in [0.5, 0.6) is 0 Å². The molecular formula is C24H27FN4O. The number of amides is 1. The van der Waals surface area contributed by atoms with Gasteiger partial charge in [0.2, 0.25) is 5.91 Å². The highest BCUT2D eigenvalue weighted by atomic mass is 19.1. The Hall–Kier alpha value is -2.99. The number of rotatable bonds is 6. The van der Waals surface area contributed by atoms with Gasteiger partial charge < -0.3 is 5.32 Å². The number of hydrogen-bond acceptors (Lipinski definition) is 3. The van der Waals surface area contributed by atoms with Gasteiger partial charge in [-0.15, -0.1) is 0 Å². The number of likely N-dealkylation sites (tertiary alicyclic amines) is 1. The zero-order valence-corrected chi connectivity index (χ0v) is 17.4. The van der Waals surface area contributed by atoms with Gasteiger partial charge in [0.15, 0.2) is 0 Å². The first-order valence-electron chi connectivity index (χ1n) is 10.4. The minimum Gasteiger partial charge on any atom is -0.352 e. The van der Waals surface area contributed by atoms with Crippen LogP contribution < -0.4 is 5.32 Å². The molecule has 6 heteroatoms. The monoisotopic (exact) mass is 406 g/mol. The largest absolute Gasteiger partial charge is 0.352 e. The summed E-state index contributed by atoms with van der Waals surface area (Å²) in [4.78, 5) is 15.1. The highest BCUT2D eigenvalue weighted by Gasteiger charge is 2.25. The molecule has 0 radical (unpaired) electrons. The van der Waals surface area contributed by atoms with Crippen molar-refractivity contribution in [3.63, 3.8) is 0 Å². The molecule has 1 aliphatic rings. The summed E-state index contributed by atoms with van der Waals surface area (Å²) in [6, 6.07) is 16.8. The van der Waals surface area contributed by atoms with Crippen LogP contribution in [0.1, 0.15) is 28.9 Å². The Bertz CT molecular complexity index is 1010. The summed E-state index contributed by atoms with van der Waals surface area (Å²) in [7, 11) is 0. The summed E-state index contributed by atoms with van der Waals surface area (Å²) < 4.78 is 15.0. The maximum absolute atomic E-state index is 13.2. The van der Waals surface area contributed by atoms with Gasteiger partial charge in [-0.3, -0.25) is 9.69 Å². The number of nitrogens with one attached hydrogen (secondary N) is 1. The van der Waals surface area contributed by atoms with Crippen molar-refractivity contribution in [3.8, 4) is 5.69 Å². The van der Waals surface area contributed by atoms with Crippen molar-refractivity contribution < 1.29 is 9.18 Å². The molecule has 1 aliphatic heterocycles. The molecule has 1 amide bonds. The normalized spacial score (nSPS) is 16.7. The molecule has 1 fully saturated rings. The number of carbonyl (C=O) groups is 1. The summed E-state index contributed by atoms with van der Waals surface area (Å²) >= 11 is 0. The van der Waals surface area contributed by atoms with Gasteiger partial charge in [-0.25, -0.2) is 9.07 Å². The van der Waals surface area contributed by atoms with Crippen molar-refractivity contribution in [1.82, 2.24) is 20.0 Å². The lowest BCUT2D eigenvalue weighted by Gasteiger charge is -2.17. The molecule has 0 bridgehead atoms. The number of aromatic nitrogens is 2. The SMILES string of the molecule is Cc1nn(-c2ccc(F)cc2)c(C)c1CC(=O)NC1CCN(Cc2ccccc2)C1. The molecule has 0 saturated carbocycles. The van der Waals surface area contributed by atoms with Gasteiger partial charge in [-0.2, -0.15) is 5.10 Å². The lowest BCUT2D eigenvalue weighted by Crippen LogP contribution is -2.38. The Morgan fingerprint density at radius 2 is 1.87 bits per heavy atom.